The van der Waals surface area contributed by atoms with Crippen molar-refractivity contribution in [2.45, 2.75) is 44.2 Å². The van der Waals surface area contributed by atoms with Gasteiger partial charge in [0.15, 0.2) is 0 Å². The van der Waals surface area contributed by atoms with Crippen LogP contribution in [0, 0.1) is 5.41 Å². The van der Waals surface area contributed by atoms with Crippen molar-refractivity contribution in [1.29, 1.82) is 0 Å². The highest BCUT2D eigenvalue weighted by molar-refractivity contribution is 5.91. The van der Waals surface area contributed by atoms with E-state index in [2.05, 4.69) is 5.32 Å². The number of ether oxygens (including phenoxy) is 1. The molecule has 0 aromatic heterocycles. The Morgan fingerprint density at radius 1 is 1.38 bits per heavy atom. The molecule has 3 nitrogen and oxygen atoms in total. The Hall–Kier alpha value is -0.570. The normalized spacial score (nSPS) is 41.1. The maximum absolute atomic E-state index is 11.4. The van der Waals surface area contributed by atoms with Crippen molar-refractivity contribution in [2.24, 2.45) is 5.41 Å². The SMILES string of the molecule is O=C1N[C@@H]([C@H]2CCCO2)C12CCC2. The van der Waals surface area contributed by atoms with Gasteiger partial charge in [-0.2, -0.15) is 0 Å². The molecule has 3 heteroatoms. The lowest BCUT2D eigenvalue weighted by Gasteiger charge is -2.56. The van der Waals surface area contributed by atoms with Crippen molar-refractivity contribution in [3.05, 3.63) is 0 Å². The molecule has 2 saturated heterocycles. The molecule has 1 aliphatic carbocycles. The molecular weight excluding hydrogens is 166 g/mol. The second-order valence-electron chi connectivity index (χ2n) is 4.51. The molecular formula is C10H15NO2. The smallest absolute Gasteiger partial charge is 0.228 e. The number of carbonyl (C=O) groups excluding carboxylic acids is 1. The third kappa shape index (κ3) is 0.857. The highest BCUT2D eigenvalue weighted by Crippen LogP contribution is 2.51. The fourth-order valence-electron chi connectivity index (χ4n) is 2.90. The van der Waals surface area contributed by atoms with Crippen molar-refractivity contribution >= 4 is 5.91 Å². The Bertz CT molecular complexity index is 241. The van der Waals surface area contributed by atoms with E-state index in [1.54, 1.807) is 0 Å². The minimum absolute atomic E-state index is 0.00894. The van der Waals surface area contributed by atoms with Crippen molar-refractivity contribution in [3.8, 4) is 0 Å². The molecule has 2 atom stereocenters. The Balaban J connectivity index is 1.75. The number of hydrogen-bond donors (Lipinski definition) is 1. The Morgan fingerprint density at radius 2 is 2.23 bits per heavy atom. The van der Waals surface area contributed by atoms with Gasteiger partial charge in [0.1, 0.15) is 0 Å². The van der Waals surface area contributed by atoms with E-state index in [1.807, 2.05) is 0 Å². The van der Waals surface area contributed by atoms with Crippen LogP contribution in [0.2, 0.25) is 0 Å². The molecule has 2 heterocycles. The average Bonchev–Trinajstić information content (AvgIpc) is 2.48. The predicted molar refractivity (Wildman–Crippen MR) is 47.2 cm³/mol. The molecule has 1 N–H and O–H groups in total. The lowest BCUT2D eigenvalue weighted by atomic mass is 9.57. The largest absolute Gasteiger partial charge is 0.376 e. The van der Waals surface area contributed by atoms with Gasteiger partial charge in [0.05, 0.1) is 17.6 Å². The maximum atomic E-state index is 11.4. The predicted octanol–water partition coefficient (Wildman–Crippen LogP) is 0.834. The summed E-state index contributed by atoms with van der Waals surface area (Å²) in [6, 6.07) is 0.344. The van der Waals surface area contributed by atoms with Gasteiger partial charge in [-0.05, 0) is 25.7 Å². The summed E-state index contributed by atoms with van der Waals surface area (Å²) in [6.45, 7) is 0.882. The van der Waals surface area contributed by atoms with E-state index in [4.69, 9.17) is 4.74 Å². The number of hydrogen-bond acceptors (Lipinski definition) is 2. The molecule has 3 aliphatic rings. The molecule has 1 amide bonds. The summed E-state index contributed by atoms with van der Waals surface area (Å²) in [5.74, 6) is 0.277. The van der Waals surface area contributed by atoms with Crippen molar-refractivity contribution in [1.82, 2.24) is 5.32 Å². The van der Waals surface area contributed by atoms with Gasteiger partial charge >= 0.3 is 0 Å². The van der Waals surface area contributed by atoms with Crippen LogP contribution in [0.3, 0.4) is 0 Å². The van der Waals surface area contributed by atoms with Crippen LogP contribution < -0.4 is 5.32 Å². The molecule has 1 saturated carbocycles. The van der Waals surface area contributed by atoms with Crippen LogP contribution in [-0.2, 0) is 9.53 Å². The van der Waals surface area contributed by atoms with Gasteiger partial charge in [-0.3, -0.25) is 4.79 Å². The first-order chi connectivity index (χ1) is 6.33. The highest BCUT2D eigenvalue weighted by atomic mass is 16.5. The van der Waals surface area contributed by atoms with Gasteiger partial charge in [0.25, 0.3) is 0 Å². The van der Waals surface area contributed by atoms with Crippen molar-refractivity contribution in [3.63, 3.8) is 0 Å². The zero-order valence-corrected chi connectivity index (χ0v) is 7.71. The summed E-state index contributed by atoms with van der Waals surface area (Å²) in [4.78, 5) is 11.4. The standard InChI is InChI=1S/C10H15NO2/c12-9-10(4-2-5-10)8(11-9)7-3-1-6-13-7/h7-8H,1-6H2,(H,11,12)/t7-,8+/m1/s1. The molecule has 1 spiro atoms. The van der Waals surface area contributed by atoms with E-state index in [-0.39, 0.29) is 11.3 Å². The van der Waals surface area contributed by atoms with Crippen LogP contribution in [-0.4, -0.2) is 24.7 Å². The van der Waals surface area contributed by atoms with Gasteiger partial charge in [0, 0.05) is 6.61 Å². The molecule has 0 aromatic carbocycles. The summed E-state index contributed by atoms with van der Waals surface area (Å²) in [5.41, 5.74) is 0.00894. The third-order valence-corrected chi connectivity index (χ3v) is 3.92. The fraction of sp³-hybridized carbons (Fsp3) is 0.900. The van der Waals surface area contributed by atoms with Gasteiger partial charge in [-0.25, -0.2) is 0 Å². The van der Waals surface area contributed by atoms with Crippen LogP contribution in [0.15, 0.2) is 0 Å². The number of β-lactam (4-membered cyclic amide) rings is 1. The Labute approximate surface area is 77.8 Å². The number of amides is 1. The van der Waals surface area contributed by atoms with E-state index in [9.17, 15) is 4.79 Å². The Kier molecular flexibility index (Phi) is 1.48. The molecule has 0 unspecified atom stereocenters. The lowest BCUT2D eigenvalue weighted by Crippen LogP contribution is -2.73. The van der Waals surface area contributed by atoms with E-state index in [1.165, 1.54) is 6.42 Å². The van der Waals surface area contributed by atoms with E-state index in [0.717, 1.165) is 32.3 Å². The Morgan fingerprint density at radius 3 is 2.69 bits per heavy atom. The van der Waals surface area contributed by atoms with Gasteiger partial charge < -0.3 is 10.1 Å². The van der Waals surface area contributed by atoms with Gasteiger partial charge in [-0.15, -0.1) is 0 Å². The molecule has 3 fully saturated rings. The monoisotopic (exact) mass is 181 g/mol. The number of rotatable bonds is 1. The molecule has 3 rings (SSSR count). The second kappa shape index (κ2) is 2.47. The van der Waals surface area contributed by atoms with Crippen molar-refractivity contribution < 1.29 is 9.53 Å². The summed E-state index contributed by atoms with van der Waals surface area (Å²) in [5, 5.41) is 3.01. The van der Waals surface area contributed by atoms with E-state index < -0.39 is 0 Å². The first-order valence-corrected chi connectivity index (χ1v) is 5.25. The third-order valence-electron chi connectivity index (χ3n) is 3.92. The number of nitrogens with one attached hydrogen (secondary N) is 1. The first kappa shape index (κ1) is 7.80. The van der Waals surface area contributed by atoms with Gasteiger partial charge in [0.2, 0.25) is 5.91 Å². The molecule has 2 aliphatic heterocycles. The summed E-state index contributed by atoms with van der Waals surface area (Å²) in [7, 11) is 0. The molecule has 0 radical (unpaired) electrons. The topological polar surface area (TPSA) is 38.3 Å². The zero-order valence-electron chi connectivity index (χ0n) is 7.71. The summed E-state index contributed by atoms with van der Waals surface area (Å²) in [6.07, 6.45) is 6.00. The van der Waals surface area contributed by atoms with Crippen LogP contribution in [0.25, 0.3) is 0 Å². The molecule has 13 heavy (non-hydrogen) atoms. The molecule has 0 aromatic rings. The fourth-order valence-corrected chi connectivity index (χ4v) is 2.90. The van der Waals surface area contributed by atoms with Gasteiger partial charge in [-0.1, -0.05) is 6.42 Å². The first-order valence-electron chi connectivity index (χ1n) is 5.25. The quantitative estimate of drug-likeness (QED) is 0.609. The minimum atomic E-state index is 0.00894. The summed E-state index contributed by atoms with van der Waals surface area (Å²) >= 11 is 0. The van der Waals surface area contributed by atoms with E-state index in [0.29, 0.717) is 12.1 Å². The van der Waals surface area contributed by atoms with Crippen molar-refractivity contribution in [2.75, 3.05) is 6.61 Å². The molecule has 0 bridgehead atoms. The van der Waals surface area contributed by atoms with Crippen LogP contribution in [0.1, 0.15) is 32.1 Å². The van der Waals surface area contributed by atoms with E-state index >= 15 is 0 Å². The summed E-state index contributed by atoms with van der Waals surface area (Å²) < 4.78 is 5.62. The van der Waals surface area contributed by atoms with Crippen LogP contribution >= 0.6 is 0 Å². The maximum Gasteiger partial charge on any atom is 0.228 e. The minimum Gasteiger partial charge on any atom is -0.376 e. The average molecular weight is 181 g/mol. The van der Waals surface area contributed by atoms with Crippen LogP contribution in [0.5, 0.6) is 0 Å². The zero-order chi connectivity index (χ0) is 8.89. The molecule has 72 valence electrons. The van der Waals surface area contributed by atoms with Crippen LogP contribution in [0.4, 0.5) is 0 Å². The lowest BCUT2D eigenvalue weighted by molar-refractivity contribution is -0.163. The number of carbonyl (C=O) groups is 1. The highest BCUT2D eigenvalue weighted by Gasteiger charge is 2.61. The second-order valence-corrected chi connectivity index (χ2v) is 4.51.